The van der Waals surface area contributed by atoms with Gasteiger partial charge in [-0.3, -0.25) is 19.2 Å². The van der Waals surface area contributed by atoms with E-state index >= 15 is 0 Å². The highest BCUT2D eigenvalue weighted by molar-refractivity contribution is 5.93. The SMILES string of the molecule is Cc1cccc(-c2noc(CN3CCCC(C(=O)Nc4c(C)n(C)n(-c5ccccc5)c4=O)C3)n2)c1. The first-order valence-electron chi connectivity index (χ1n) is 12.2. The molecule has 0 saturated carbocycles. The molecule has 1 amide bonds. The lowest BCUT2D eigenvalue weighted by Gasteiger charge is -2.30. The molecule has 0 bridgehead atoms. The Morgan fingerprint density at radius 1 is 1.14 bits per heavy atom. The number of anilines is 1. The number of hydrogen-bond donors (Lipinski definition) is 1. The van der Waals surface area contributed by atoms with Crippen LogP contribution < -0.4 is 10.9 Å². The highest BCUT2D eigenvalue weighted by Gasteiger charge is 2.29. The van der Waals surface area contributed by atoms with Gasteiger partial charge in [0.1, 0.15) is 5.69 Å². The molecule has 0 spiro atoms. The number of benzene rings is 2. The van der Waals surface area contributed by atoms with Crippen molar-refractivity contribution in [2.45, 2.75) is 33.2 Å². The molecular weight excluding hydrogens is 456 g/mol. The average Bonchev–Trinajstić information content (AvgIpc) is 3.43. The minimum Gasteiger partial charge on any atom is -0.338 e. The molecule has 5 rings (SSSR count). The van der Waals surface area contributed by atoms with E-state index in [0.717, 1.165) is 36.2 Å². The molecule has 1 unspecified atom stereocenters. The van der Waals surface area contributed by atoms with Crippen LogP contribution in [0.25, 0.3) is 17.1 Å². The second-order valence-electron chi connectivity index (χ2n) is 9.38. The summed E-state index contributed by atoms with van der Waals surface area (Å²) in [5.74, 6) is 0.713. The van der Waals surface area contributed by atoms with Crippen molar-refractivity contribution in [1.82, 2.24) is 24.4 Å². The third-order valence-corrected chi connectivity index (χ3v) is 6.78. The minimum atomic E-state index is -0.239. The van der Waals surface area contributed by atoms with Crippen molar-refractivity contribution in [1.29, 1.82) is 0 Å². The second kappa shape index (κ2) is 9.94. The number of aromatic nitrogens is 4. The van der Waals surface area contributed by atoms with Gasteiger partial charge in [0.15, 0.2) is 0 Å². The Kier molecular flexibility index (Phi) is 6.56. The fraction of sp³-hybridized carbons (Fsp3) is 0.333. The van der Waals surface area contributed by atoms with Crippen LogP contribution in [0.1, 0.15) is 30.0 Å². The van der Waals surface area contributed by atoms with Gasteiger partial charge >= 0.3 is 0 Å². The Labute approximate surface area is 209 Å². The van der Waals surface area contributed by atoms with E-state index in [2.05, 4.69) is 20.4 Å². The predicted octanol–water partition coefficient (Wildman–Crippen LogP) is 3.69. The van der Waals surface area contributed by atoms with E-state index in [-0.39, 0.29) is 17.4 Å². The van der Waals surface area contributed by atoms with Gasteiger partial charge in [0.2, 0.25) is 17.6 Å². The smallest absolute Gasteiger partial charge is 0.295 e. The Bertz CT molecular complexity index is 1440. The maximum absolute atomic E-state index is 13.2. The van der Waals surface area contributed by atoms with E-state index < -0.39 is 0 Å². The first kappa shape index (κ1) is 23.7. The van der Waals surface area contributed by atoms with Crippen LogP contribution in [0.5, 0.6) is 0 Å². The summed E-state index contributed by atoms with van der Waals surface area (Å²) in [6.07, 6.45) is 1.64. The van der Waals surface area contributed by atoms with Crippen LogP contribution in [0.3, 0.4) is 0 Å². The molecule has 1 aliphatic heterocycles. The molecule has 1 aliphatic rings. The number of carbonyl (C=O) groups is 1. The number of amides is 1. The summed E-state index contributed by atoms with van der Waals surface area (Å²) in [6, 6.07) is 17.4. The van der Waals surface area contributed by atoms with Crippen molar-refractivity contribution in [3.8, 4) is 17.1 Å². The number of hydrogen-bond acceptors (Lipinski definition) is 6. The van der Waals surface area contributed by atoms with Gasteiger partial charge in [0.05, 0.1) is 23.8 Å². The van der Waals surface area contributed by atoms with Crippen LogP contribution in [0.2, 0.25) is 0 Å². The van der Waals surface area contributed by atoms with Crippen LogP contribution >= 0.6 is 0 Å². The molecule has 186 valence electrons. The van der Waals surface area contributed by atoms with E-state index in [1.165, 1.54) is 0 Å². The maximum Gasteiger partial charge on any atom is 0.295 e. The van der Waals surface area contributed by atoms with Crippen LogP contribution in [0.4, 0.5) is 5.69 Å². The highest BCUT2D eigenvalue weighted by Crippen LogP contribution is 2.23. The number of nitrogens with one attached hydrogen (secondary N) is 1. The van der Waals surface area contributed by atoms with Crippen molar-refractivity contribution in [3.63, 3.8) is 0 Å². The van der Waals surface area contributed by atoms with E-state index in [1.54, 1.807) is 9.36 Å². The van der Waals surface area contributed by atoms with Crippen molar-refractivity contribution in [2.24, 2.45) is 13.0 Å². The average molecular weight is 487 g/mol. The number of para-hydroxylation sites is 1. The summed E-state index contributed by atoms with van der Waals surface area (Å²) >= 11 is 0. The number of piperidine rings is 1. The largest absolute Gasteiger partial charge is 0.338 e. The number of likely N-dealkylation sites (tertiary alicyclic amines) is 1. The topological polar surface area (TPSA) is 98.2 Å². The van der Waals surface area contributed by atoms with Gasteiger partial charge in [-0.15, -0.1) is 0 Å². The summed E-state index contributed by atoms with van der Waals surface area (Å²) in [5.41, 5.74) is 3.59. The minimum absolute atomic E-state index is 0.142. The summed E-state index contributed by atoms with van der Waals surface area (Å²) in [5, 5.41) is 7.05. The fourth-order valence-corrected chi connectivity index (χ4v) is 4.76. The molecule has 2 aromatic carbocycles. The number of aryl methyl sites for hydroxylation is 1. The molecule has 9 nitrogen and oxygen atoms in total. The third kappa shape index (κ3) is 4.74. The quantitative estimate of drug-likeness (QED) is 0.446. The van der Waals surface area contributed by atoms with Gasteiger partial charge in [0.25, 0.3) is 5.56 Å². The zero-order valence-corrected chi connectivity index (χ0v) is 20.8. The zero-order chi connectivity index (χ0) is 25.2. The molecule has 3 heterocycles. The lowest BCUT2D eigenvalue weighted by molar-refractivity contribution is -0.121. The van der Waals surface area contributed by atoms with Gasteiger partial charge in [-0.2, -0.15) is 4.98 Å². The molecule has 36 heavy (non-hydrogen) atoms. The molecule has 1 atom stereocenters. The van der Waals surface area contributed by atoms with E-state index in [1.807, 2.05) is 75.5 Å². The normalized spacial score (nSPS) is 16.2. The lowest BCUT2D eigenvalue weighted by Crippen LogP contribution is -2.40. The lowest BCUT2D eigenvalue weighted by atomic mass is 9.97. The summed E-state index contributed by atoms with van der Waals surface area (Å²) < 4.78 is 8.83. The van der Waals surface area contributed by atoms with Crippen LogP contribution in [0.15, 0.2) is 63.9 Å². The summed E-state index contributed by atoms with van der Waals surface area (Å²) in [4.78, 5) is 33.1. The van der Waals surface area contributed by atoms with Gasteiger partial charge in [-0.25, -0.2) is 4.68 Å². The molecule has 4 aromatic rings. The van der Waals surface area contributed by atoms with Crippen molar-refractivity contribution in [3.05, 3.63) is 82.1 Å². The molecule has 2 aromatic heterocycles. The zero-order valence-electron chi connectivity index (χ0n) is 20.8. The molecule has 0 aliphatic carbocycles. The second-order valence-corrected chi connectivity index (χ2v) is 9.38. The van der Waals surface area contributed by atoms with Crippen molar-refractivity contribution in [2.75, 3.05) is 18.4 Å². The summed E-state index contributed by atoms with van der Waals surface area (Å²) in [7, 11) is 1.82. The number of rotatable bonds is 6. The van der Waals surface area contributed by atoms with Gasteiger partial charge in [-0.05, 0) is 51.4 Å². The molecule has 1 fully saturated rings. The van der Waals surface area contributed by atoms with Crippen molar-refractivity contribution < 1.29 is 9.32 Å². The van der Waals surface area contributed by atoms with Crippen LogP contribution in [0, 0.1) is 19.8 Å². The Morgan fingerprint density at radius 2 is 1.94 bits per heavy atom. The third-order valence-electron chi connectivity index (χ3n) is 6.78. The fourth-order valence-electron chi connectivity index (χ4n) is 4.76. The van der Waals surface area contributed by atoms with E-state index in [0.29, 0.717) is 36.2 Å². The van der Waals surface area contributed by atoms with E-state index in [9.17, 15) is 9.59 Å². The summed E-state index contributed by atoms with van der Waals surface area (Å²) in [6.45, 7) is 5.75. The van der Waals surface area contributed by atoms with E-state index in [4.69, 9.17) is 4.52 Å². The van der Waals surface area contributed by atoms with Crippen LogP contribution in [-0.4, -0.2) is 43.4 Å². The number of nitrogens with zero attached hydrogens (tertiary/aromatic N) is 5. The standard InChI is InChI=1S/C27H30N6O3/c1-18-9-7-10-20(15-18)25-28-23(36-30-25)17-32-14-8-11-21(16-32)26(34)29-24-19(2)31(3)33(27(24)35)22-12-5-4-6-13-22/h4-7,9-10,12-13,15,21H,8,11,14,16-17H2,1-3H3,(H,29,34). The first-order chi connectivity index (χ1) is 17.4. The molecule has 1 saturated heterocycles. The molecule has 1 N–H and O–H groups in total. The molecule has 0 radical (unpaired) electrons. The highest BCUT2D eigenvalue weighted by atomic mass is 16.5. The van der Waals surface area contributed by atoms with Gasteiger partial charge < -0.3 is 9.84 Å². The van der Waals surface area contributed by atoms with Crippen LogP contribution in [-0.2, 0) is 18.4 Å². The Hall–Kier alpha value is -3.98. The maximum atomic E-state index is 13.2. The predicted molar refractivity (Wildman–Crippen MR) is 137 cm³/mol. The first-order valence-corrected chi connectivity index (χ1v) is 12.2. The van der Waals surface area contributed by atoms with Crippen molar-refractivity contribution >= 4 is 11.6 Å². The molecular formula is C27H30N6O3. The number of carbonyl (C=O) groups excluding carboxylic acids is 1. The monoisotopic (exact) mass is 486 g/mol. The van der Waals surface area contributed by atoms with Gasteiger partial charge in [-0.1, -0.05) is 47.1 Å². The Balaban J connectivity index is 1.26. The Morgan fingerprint density at radius 3 is 2.72 bits per heavy atom. The van der Waals surface area contributed by atoms with Gasteiger partial charge in [0, 0.05) is 19.2 Å². The molecule has 9 heteroatoms.